The van der Waals surface area contributed by atoms with Gasteiger partial charge in [-0.15, -0.1) is 5.10 Å². The summed E-state index contributed by atoms with van der Waals surface area (Å²) in [7, 11) is 0. The summed E-state index contributed by atoms with van der Waals surface area (Å²) in [5, 5.41) is 7.90. The Morgan fingerprint density at radius 2 is 2.06 bits per heavy atom. The number of aromatic nitrogens is 3. The van der Waals surface area contributed by atoms with Gasteiger partial charge in [0.25, 0.3) is 0 Å². The number of carbonyl (C=O) groups excluding carboxylic acids is 1. The molecule has 90 valence electrons. The van der Waals surface area contributed by atoms with Gasteiger partial charge in [-0.25, -0.2) is 4.68 Å². The lowest BCUT2D eigenvalue weighted by atomic mass is 10.2. The smallest absolute Gasteiger partial charge is 0.328 e. The molecule has 0 N–H and O–H groups in total. The van der Waals surface area contributed by atoms with Crippen LogP contribution in [-0.2, 0) is 16.1 Å². The molecule has 0 aliphatic carbocycles. The van der Waals surface area contributed by atoms with Crippen LogP contribution in [0.2, 0.25) is 0 Å². The van der Waals surface area contributed by atoms with Gasteiger partial charge in [-0.3, -0.25) is 4.79 Å². The van der Waals surface area contributed by atoms with E-state index in [0.29, 0.717) is 0 Å². The fraction of sp³-hybridized carbons (Fsp3) is 0.417. The van der Waals surface area contributed by atoms with E-state index < -0.39 is 5.60 Å². The quantitative estimate of drug-likeness (QED) is 0.742. The summed E-state index contributed by atoms with van der Waals surface area (Å²) in [6.07, 6.45) is 0. The van der Waals surface area contributed by atoms with Gasteiger partial charge in [-0.1, -0.05) is 17.3 Å². The molecule has 5 nitrogen and oxygen atoms in total. The van der Waals surface area contributed by atoms with Crippen LogP contribution in [0.25, 0.3) is 11.0 Å². The van der Waals surface area contributed by atoms with E-state index >= 15 is 0 Å². The van der Waals surface area contributed by atoms with Crippen molar-refractivity contribution in [3.63, 3.8) is 0 Å². The molecule has 2 rings (SSSR count). The highest BCUT2D eigenvalue weighted by atomic mass is 16.6. The molecule has 1 heterocycles. The number of esters is 1. The van der Waals surface area contributed by atoms with E-state index in [1.807, 2.05) is 45.0 Å². The fourth-order valence-corrected chi connectivity index (χ4v) is 1.53. The topological polar surface area (TPSA) is 57.0 Å². The molecular weight excluding hydrogens is 218 g/mol. The van der Waals surface area contributed by atoms with Crippen molar-refractivity contribution >= 4 is 17.0 Å². The average Bonchev–Trinajstić information content (AvgIpc) is 2.59. The first-order valence-corrected chi connectivity index (χ1v) is 5.46. The van der Waals surface area contributed by atoms with E-state index in [9.17, 15) is 4.79 Å². The Balaban J connectivity index is 2.16. The molecule has 1 aromatic carbocycles. The molecule has 0 atom stereocenters. The maximum absolute atomic E-state index is 11.7. The molecule has 0 radical (unpaired) electrons. The van der Waals surface area contributed by atoms with Crippen LogP contribution < -0.4 is 0 Å². The monoisotopic (exact) mass is 233 g/mol. The van der Waals surface area contributed by atoms with Gasteiger partial charge < -0.3 is 4.74 Å². The molecular formula is C12H15N3O2. The second-order valence-electron chi connectivity index (χ2n) is 4.82. The van der Waals surface area contributed by atoms with Crippen LogP contribution in [0.3, 0.4) is 0 Å². The van der Waals surface area contributed by atoms with E-state index in [1.54, 1.807) is 4.68 Å². The summed E-state index contributed by atoms with van der Waals surface area (Å²) in [6.45, 7) is 5.59. The van der Waals surface area contributed by atoms with Crippen molar-refractivity contribution in [3.05, 3.63) is 24.3 Å². The maximum atomic E-state index is 11.7. The molecule has 0 fully saturated rings. The lowest BCUT2D eigenvalue weighted by molar-refractivity contribution is -0.155. The van der Waals surface area contributed by atoms with Crippen molar-refractivity contribution in [1.82, 2.24) is 15.0 Å². The molecule has 2 aromatic rings. The predicted octanol–water partition coefficient (Wildman–Crippen LogP) is 1.77. The summed E-state index contributed by atoms with van der Waals surface area (Å²) >= 11 is 0. The Morgan fingerprint density at radius 3 is 2.76 bits per heavy atom. The minimum absolute atomic E-state index is 0.0811. The zero-order chi connectivity index (χ0) is 12.5. The minimum Gasteiger partial charge on any atom is -0.459 e. The Kier molecular flexibility index (Phi) is 2.83. The SMILES string of the molecule is CC(C)(C)OC(=O)Cn1nnc2ccccc21. The molecule has 0 unspecified atom stereocenters. The van der Waals surface area contributed by atoms with Crippen molar-refractivity contribution in [1.29, 1.82) is 0 Å². The van der Waals surface area contributed by atoms with E-state index in [2.05, 4.69) is 10.3 Å². The largest absolute Gasteiger partial charge is 0.459 e. The summed E-state index contributed by atoms with van der Waals surface area (Å²) < 4.78 is 6.78. The molecule has 0 spiro atoms. The number of benzene rings is 1. The van der Waals surface area contributed by atoms with Crippen molar-refractivity contribution in [2.45, 2.75) is 32.9 Å². The Hall–Kier alpha value is -1.91. The third kappa shape index (κ3) is 2.81. The van der Waals surface area contributed by atoms with Gasteiger partial charge in [-0.2, -0.15) is 0 Å². The summed E-state index contributed by atoms with van der Waals surface area (Å²) in [5.41, 5.74) is 1.13. The molecule has 0 saturated carbocycles. The van der Waals surface area contributed by atoms with Crippen molar-refractivity contribution in [2.75, 3.05) is 0 Å². The Labute approximate surface area is 99.4 Å². The molecule has 17 heavy (non-hydrogen) atoms. The molecule has 5 heteroatoms. The first-order chi connectivity index (χ1) is 7.96. The second-order valence-corrected chi connectivity index (χ2v) is 4.82. The Bertz CT molecular complexity index is 540. The third-order valence-corrected chi connectivity index (χ3v) is 2.12. The van der Waals surface area contributed by atoms with Crippen LogP contribution in [0.5, 0.6) is 0 Å². The van der Waals surface area contributed by atoms with Gasteiger partial charge in [0.05, 0.1) is 5.52 Å². The predicted molar refractivity (Wildman–Crippen MR) is 63.4 cm³/mol. The highest BCUT2D eigenvalue weighted by Gasteiger charge is 2.17. The van der Waals surface area contributed by atoms with Gasteiger partial charge in [0.1, 0.15) is 17.7 Å². The van der Waals surface area contributed by atoms with Gasteiger partial charge in [-0.05, 0) is 32.9 Å². The lowest BCUT2D eigenvalue weighted by Gasteiger charge is -2.19. The first kappa shape index (κ1) is 11.6. The minimum atomic E-state index is -0.479. The number of hydrogen-bond donors (Lipinski definition) is 0. The van der Waals surface area contributed by atoms with Crippen molar-refractivity contribution in [2.24, 2.45) is 0 Å². The standard InChI is InChI=1S/C12H15N3O2/c1-12(2,3)17-11(16)8-15-10-7-5-4-6-9(10)13-14-15/h4-7H,8H2,1-3H3. The van der Waals surface area contributed by atoms with Crippen LogP contribution in [-0.4, -0.2) is 26.6 Å². The number of carbonyl (C=O) groups is 1. The molecule has 0 aliphatic rings. The average molecular weight is 233 g/mol. The molecule has 0 amide bonds. The highest BCUT2D eigenvalue weighted by Crippen LogP contribution is 2.11. The highest BCUT2D eigenvalue weighted by molar-refractivity contribution is 5.77. The summed E-state index contributed by atoms with van der Waals surface area (Å²) in [4.78, 5) is 11.7. The van der Waals surface area contributed by atoms with Crippen LogP contribution >= 0.6 is 0 Å². The number of ether oxygens (including phenoxy) is 1. The van der Waals surface area contributed by atoms with Crippen molar-refractivity contribution < 1.29 is 9.53 Å². The van der Waals surface area contributed by atoms with E-state index in [-0.39, 0.29) is 12.5 Å². The second kappa shape index (κ2) is 4.16. The summed E-state index contributed by atoms with van der Waals surface area (Å²) in [5.74, 6) is -0.312. The van der Waals surface area contributed by atoms with Crippen LogP contribution in [0.1, 0.15) is 20.8 Å². The molecule has 0 saturated heterocycles. The van der Waals surface area contributed by atoms with E-state index in [0.717, 1.165) is 11.0 Å². The fourth-order valence-electron chi connectivity index (χ4n) is 1.53. The number of fused-ring (bicyclic) bond motifs is 1. The number of nitrogens with zero attached hydrogens (tertiary/aromatic N) is 3. The van der Waals surface area contributed by atoms with Gasteiger partial charge >= 0.3 is 5.97 Å². The van der Waals surface area contributed by atoms with Gasteiger partial charge in [0.2, 0.25) is 0 Å². The first-order valence-electron chi connectivity index (χ1n) is 5.46. The van der Waals surface area contributed by atoms with E-state index in [1.165, 1.54) is 0 Å². The normalized spacial score (nSPS) is 11.7. The number of para-hydroxylation sites is 1. The zero-order valence-corrected chi connectivity index (χ0v) is 10.2. The lowest BCUT2D eigenvalue weighted by Crippen LogP contribution is -2.26. The molecule has 1 aromatic heterocycles. The summed E-state index contributed by atoms with van der Waals surface area (Å²) in [6, 6.07) is 7.50. The Morgan fingerprint density at radius 1 is 1.35 bits per heavy atom. The van der Waals surface area contributed by atoms with E-state index in [4.69, 9.17) is 4.74 Å². The van der Waals surface area contributed by atoms with Crippen molar-refractivity contribution in [3.8, 4) is 0 Å². The third-order valence-electron chi connectivity index (χ3n) is 2.12. The molecule has 0 bridgehead atoms. The molecule has 0 aliphatic heterocycles. The number of rotatable bonds is 2. The van der Waals surface area contributed by atoms with Crippen LogP contribution in [0.15, 0.2) is 24.3 Å². The van der Waals surface area contributed by atoms with Gasteiger partial charge in [0.15, 0.2) is 0 Å². The number of hydrogen-bond acceptors (Lipinski definition) is 4. The maximum Gasteiger partial charge on any atom is 0.328 e. The van der Waals surface area contributed by atoms with Crippen LogP contribution in [0, 0.1) is 0 Å². The van der Waals surface area contributed by atoms with Gasteiger partial charge in [0, 0.05) is 0 Å². The van der Waals surface area contributed by atoms with Crippen LogP contribution in [0.4, 0.5) is 0 Å². The zero-order valence-electron chi connectivity index (χ0n) is 10.2.